The van der Waals surface area contributed by atoms with Gasteiger partial charge in [-0.3, -0.25) is 14.5 Å². The summed E-state index contributed by atoms with van der Waals surface area (Å²) in [6.45, 7) is 0.177. The van der Waals surface area contributed by atoms with E-state index in [4.69, 9.17) is 4.74 Å². The van der Waals surface area contributed by atoms with E-state index in [0.29, 0.717) is 11.3 Å². The second kappa shape index (κ2) is 6.95. The van der Waals surface area contributed by atoms with Crippen molar-refractivity contribution in [2.45, 2.75) is 13.0 Å². The summed E-state index contributed by atoms with van der Waals surface area (Å²) in [5.41, 5.74) is 1.78. The lowest BCUT2D eigenvalue weighted by Gasteiger charge is -2.17. The monoisotopic (exact) mass is 451 g/mol. The Morgan fingerprint density at radius 3 is 2.10 bits per heavy atom. The molecule has 0 aromatic heterocycles. The van der Waals surface area contributed by atoms with E-state index in [1.165, 1.54) is 4.90 Å². The van der Waals surface area contributed by atoms with Crippen molar-refractivity contribution in [2.75, 3.05) is 4.90 Å². The number of esters is 1. The zero-order valence-electron chi connectivity index (χ0n) is 15.5. The molecule has 1 aliphatic heterocycles. The van der Waals surface area contributed by atoms with Gasteiger partial charge in [-0.15, -0.1) is 0 Å². The molecule has 5 rings (SSSR count). The number of hydrogen-bond donors (Lipinski definition) is 0. The number of anilines is 1. The van der Waals surface area contributed by atoms with Crippen LogP contribution in [0, 0.1) is 23.7 Å². The molecule has 146 valence electrons. The smallest absolute Gasteiger partial charge is 0.338 e. The Morgan fingerprint density at radius 1 is 0.931 bits per heavy atom. The average molecular weight is 452 g/mol. The Labute approximate surface area is 176 Å². The molecule has 0 spiro atoms. The predicted octanol–water partition coefficient (Wildman–Crippen LogP) is 4.12. The molecule has 3 aliphatic rings. The number of ether oxygens (including phenoxy) is 1. The molecule has 29 heavy (non-hydrogen) atoms. The van der Waals surface area contributed by atoms with Crippen LogP contribution in [0.4, 0.5) is 5.69 Å². The fourth-order valence-corrected chi connectivity index (χ4v) is 4.98. The largest absolute Gasteiger partial charge is 0.457 e. The molecule has 2 fully saturated rings. The van der Waals surface area contributed by atoms with Crippen LogP contribution in [-0.4, -0.2) is 17.8 Å². The van der Waals surface area contributed by atoms with E-state index < -0.39 is 5.97 Å². The predicted molar refractivity (Wildman–Crippen MR) is 110 cm³/mol. The number of nitrogens with zero attached hydrogens (tertiary/aromatic N) is 1. The Bertz CT molecular complexity index is 998. The summed E-state index contributed by atoms with van der Waals surface area (Å²) >= 11 is 3.37. The zero-order valence-corrected chi connectivity index (χ0v) is 17.0. The van der Waals surface area contributed by atoms with Crippen LogP contribution in [0.25, 0.3) is 0 Å². The normalized spacial score (nSPS) is 26.9. The van der Waals surface area contributed by atoms with Crippen molar-refractivity contribution in [3.63, 3.8) is 0 Å². The van der Waals surface area contributed by atoms with Crippen molar-refractivity contribution in [1.82, 2.24) is 0 Å². The fraction of sp³-hybridized carbons (Fsp3) is 0.261. The maximum atomic E-state index is 12.9. The molecule has 0 radical (unpaired) electrons. The number of amides is 2. The number of benzene rings is 2. The van der Waals surface area contributed by atoms with Crippen molar-refractivity contribution < 1.29 is 19.1 Å². The molecule has 1 heterocycles. The second-order valence-corrected chi connectivity index (χ2v) is 8.68. The molecule has 2 aliphatic carbocycles. The average Bonchev–Trinajstić information content (AvgIpc) is 3.41. The molecular formula is C23H18BrNO4. The maximum Gasteiger partial charge on any atom is 0.338 e. The quantitative estimate of drug-likeness (QED) is 0.398. The summed E-state index contributed by atoms with van der Waals surface area (Å²) in [6.07, 6.45) is 5.06. The summed E-state index contributed by atoms with van der Waals surface area (Å²) in [7, 11) is 0. The molecule has 2 bridgehead atoms. The summed E-state index contributed by atoms with van der Waals surface area (Å²) in [5.74, 6) is -0.790. The molecule has 6 heteroatoms. The van der Waals surface area contributed by atoms with Gasteiger partial charge in [0.25, 0.3) is 0 Å². The minimum absolute atomic E-state index is 0.123. The van der Waals surface area contributed by atoms with Crippen molar-refractivity contribution in [1.29, 1.82) is 0 Å². The fourth-order valence-electron chi connectivity index (χ4n) is 4.72. The van der Waals surface area contributed by atoms with Gasteiger partial charge in [-0.25, -0.2) is 4.79 Å². The van der Waals surface area contributed by atoms with Gasteiger partial charge in [0, 0.05) is 4.47 Å². The van der Waals surface area contributed by atoms with E-state index in [2.05, 4.69) is 28.1 Å². The van der Waals surface area contributed by atoms with Crippen LogP contribution in [-0.2, 0) is 20.9 Å². The van der Waals surface area contributed by atoms with Crippen molar-refractivity contribution in [3.8, 4) is 0 Å². The van der Waals surface area contributed by atoms with Gasteiger partial charge in [-0.05, 0) is 60.2 Å². The minimum atomic E-state index is -0.447. The highest BCUT2D eigenvalue weighted by Gasteiger charge is 2.59. The summed E-state index contributed by atoms with van der Waals surface area (Å²) in [6, 6.07) is 14.0. The molecular weight excluding hydrogens is 434 g/mol. The first-order valence-electron chi connectivity index (χ1n) is 9.61. The van der Waals surface area contributed by atoms with Crippen LogP contribution in [0.2, 0.25) is 0 Å². The van der Waals surface area contributed by atoms with Crippen LogP contribution < -0.4 is 4.90 Å². The first-order valence-corrected chi connectivity index (χ1v) is 10.4. The number of carbonyl (C=O) groups is 3. The molecule has 2 aromatic carbocycles. The summed E-state index contributed by atoms with van der Waals surface area (Å²) in [5, 5.41) is 0. The van der Waals surface area contributed by atoms with Gasteiger partial charge in [0.05, 0.1) is 23.1 Å². The van der Waals surface area contributed by atoms with E-state index >= 15 is 0 Å². The minimum Gasteiger partial charge on any atom is -0.457 e. The van der Waals surface area contributed by atoms with Gasteiger partial charge >= 0.3 is 5.97 Å². The van der Waals surface area contributed by atoms with Crippen LogP contribution in [0.5, 0.6) is 0 Å². The number of fused-ring (bicyclic) bond motifs is 5. The molecule has 5 nitrogen and oxygen atoms in total. The summed E-state index contributed by atoms with van der Waals surface area (Å²) < 4.78 is 6.31. The molecule has 0 N–H and O–H groups in total. The number of allylic oxidation sites excluding steroid dienone is 2. The third kappa shape index (κ3) is 3.02. The number of rotatable bonds is 4. The van der Waals surface area contributed by atoms with E-state index in [1.54, 1.807) is 24.3 Å². The Kier molecular flexibility index (Phi) is 4.39. The van der Waals surface area contributed by atoms with Gasteiger partial charge in [0.2, 0.25) is 11.8 Å². The number of imide groups is 1. The summed E-state index contributed by atoms with van der Waals surface area (Å²) in [4.78, 5) is 39.3. The highest BCUT2D eigenvalue weighted by molar-refractivity contribution is 9.10. The van der Waals surface area contributed by atoms with Crippen LogP contribution in [0.3, 0.4) is 0 Å². The van der Waals surface area contributed by atoms with Gasteiger partial charge < -0.3 is 4.74 Å². The lowest BCUT2D eigenvalue weighted by Crippen LogP contribution is -2.32. The van der Waals surface area contributed by atoms with Crippen LogP contribution >= 0.6 is 15.9 Å². The van der Waals surface area contributed by atoms with Crippen molar-refractivity contribution in [2.24, 2.45) is 23.7 Å². The van der Waals surface area contributed by atoms with Crippen molar-refractivity contribution in [3.05, 3.63) is 76.3 Å². The molecule has 2 aromatic rings. The third-order valence-corrected chi connectivity index (χ3v) is 6.64. The first-order chi connectivity index (χ1) is 14.0. The lowest BCUT2D eigenvalue weighted by molar-refractivity contribution is -0.123. The first kappa shape index (κ1) is 18.3. The Morgan fingerprint density at radius 2 is 1.52 bits per heavy atom. The lowest BCUT2D eigenvalue weighted by atomic mass is 9.85. The maximum absolute atomic E-state index is 12.9. The van der Waals surface area contributed by atoms with Gasteiger partial charge in [-0.1, -0.05) is 40.2 Å². The van der Waals surface area contributed by atoms with Crippen molar-refractivity contribution >= 4 is 39.4 Å². The molecule has 0 unspecified atom stereocenters. The molecule has 1 saturated heterocycles. The van der Waals surface area contributed by atoms with E-state index in [9.17, 15) is 14.4 Å². The van der Waals surface area contributed by atoms with E-state index in [-0.39, 0.29) is 42.1 Å². The molecule has 4 atom stereocenters. The van der Waals surface area contributed by atoms with Crippen LogP contribution in [0.1, 0.15) is 22.3 Å². The Balaban J connectivity index is 1.28. The molecule has 2 amide bonds. The highest BCUT2D eigenvalue weighted by Crippen LogP contribution is 2.53. The number of hydrogen-bond acceptors (Lipinski definition) is 4. The molecule has 1 saturated carbocycles. The van der Waals surface area contributed by atoms with Gasteiger partial charge in [0.1, 0.15) is 6.61 Å². The SMILES string of the molecule is O=C(OCc1ccc(Br)cc1)c1ccc(N2C(=O)[C@@H]3[C@@H](C2=O)[C@H]2C=C[C@@H]3C2)cc1. The van der Waals surface area contributed by atoms with Gasteiger partial charge in [-0.2, -0.15) is 0 Å². The van der Waals surface area contributed by atoms with E-state index in [0.717, 1.165) is 16.5 Å². The second-order valence-electron chi connectivity index (χ2n) is 7.76. The van der Waals surface area contributed by atoms with Crippen LogP contribution in [0.15, 0.2) is 65.2 Å². The third-order valence-electron chi connectivity index (χ3n) is 6.11. The topological polar surface area (TPSA) is 63.7 Å². The standard InChI is InChI=1S/C23H18BrNO4/c24-17-7-1-13(2-8-17)12-29-23(28)14-5-9-18(10-6-14)25-21(26)19-15-3-4-16(11-15)20(19)22(25)27/h1-10,15-16,19-20H,11-12H2/t15-,16+,19-,20-/m0/s1. The number of carbonyl (C=O) groups excluding carboxylic acids is 3. The van der Waals surface area contributed by atoms with E-state index in [1.807, 2.05) is 24.3 Å². The number of halogens is 1. The zero-order chi connectivity index (χ0) is 20.1. The van der Waals surface area contributed by atoms with Gasteiger partial charge in [0.15, 0.2) is 0 Å². The Hall–Kier alpha value is -2.73. The highest BCUT2D eigenvalue weighted by atomic mass is 79.9.